The summed E-state index contributed by atoms with van der Waals surface area (Å²) in [5, 5.41) is 0. The summed E-state index contributed by atoms with van der Waals surface area (Å²) in [7, 11) is 1.60. The summed E-state index contributed by atoms with van der Waals surface area (Å²) in [5.74, 6) is 0.430. The quantitative estimate of drug-likeness (QED) is 0.854. The molecule has 0 aliphatic heterocycles. The van der Waals surface area contributed by atoms with Crippen molar-refractivity contribution in [2.45, 2.75) is 0 Å². The number of rotatable bonds is 2. The first-order valence-corrected chi connectivity index (χ1v) is 5.80. The minimum absolute atomic E-state index is 0.322. The van der Waals surface area contributed by atoms with E-state index in [1.54, 1.807) is 7.11 Å². The van der Waals surface area contributed by atoms with Crippen LogP contribution in [0.15, 0.2) is 40.9 Å². The van der Waals surface area contributed by atoms with Crippen LogP contribution in [0.4, 0.5) is 10.1 Å². The van der Waals surface area contributed by atoms with E-state index >= 15 is 0 Å². The number of anilines is 1. The Bertz CT molecular complexity index is 540. The Morgan fingerprint density at radius 3 is 2.41 bits per heavy atom. The monoisotopic (exact) mass is 295 g/mol. The Morgan fingerprint density at radius 2 is 1.82 bits per heavy atom. The maximum absolute atomic E-state index is 13.3. The molecular formula is C13H11BrFNO. The number of benzene rings is 2. The van der Waals surface area contributed by atoms with Crippen molar-refractivity contribution in [1.82, 2.24) is 0 Å². The summed E-state index contributed by atoms with van der Waals surface area (Å²) in [6.07, 6.45) is 0. The lowest BCUT2D eigenvalue weighted by Crippen LogP contribution is -1.93. The van der Waals surface area contributed by atoms with Gasteiger partial charge < -0.3 is 10.5 Å². The van der Waals surface area contributed by atoms with Crippen molar-refractivity contribution in [3.63, 3.8) is 0 Å². The molecule has 0 bridgehead atoms. The molecular weight excluding hydrogens is 285 g/mol. The van der Waals surface area contributed by atoms with Gasteiger partial charge in [-0.05, 0) is 45.8 Å². The van der Waals surface area contributed by atoms with Crippen molar-refractivity contribution in [3.8, 4) is 16.9 Å². The van der Waals surface area contributed by atoms with E-state index < -0.39 is 0 Å². The van der Waals surface area contributed by atoms with Gasteiger partial charge >= 0.3 is 0 Å². The van der Waals surface area contributed by atoms with Crippen molar-refractivity contribution in [3.05, 3.63) is 46.7 Å². The fourth-order valence-electron chi connectivity index (χ4n) is 1.59. The molecule has 88 valence electrons. The molecule has 0 atom stereocenters. The van der Waals surface area contributed by atoms with Crippen LogP contribution in [0.5, 0.6) is 5.75 Å². The Morgan fingerprint density at radius 1 is 1.18 bits per heavy atom. The molecule has 2 nitrogen and oxygen atoms in total. The summed E-state index contributed by atoms with van der Waals surface area (Å²) in [4.78, 5) is 0. The standard InChI is InChI=1S/C13H11BrFNO/c1-17-10-4-2-8(3-5-10)11-6-9(15)7-12(14)13(11)16/h2-7H,16H2,1H3. The Hall–Kier alpha value is -1.55. The fraction of sp³-hybridized carbons (Fsp3) is 0.0769. The van der Waals surface area contributed by atoms with Crippen LogP contribution in [0.3, 0.4) is 0 Å². The molecule has 0 aliphatic carbocycles. The van der Waals surface area contributed by atoms with Crippen molar-refractivity contribution in [2.75, 3.05) is 12.8 Å². The Labute approximate surface area is 107 Å². The molecule has 4 heteroatoms. The number of ether oxygens (including phenoxy) is 1. The Kier molecular flexibility index (Phi) is 3.33. The van der Waals surface area contributed by atoms with Crippen molar-refractivity contribution in [2.24, 2.45) is 0 Å². The second-order valence-electron chi connectivity index (χ2n) is 3.58. The summed E-state index contributed by atoms with van der Waals surface area (Å²) >= 11 is 3.23. The number of hydrogen-bond donors (Lipinski definition) is 1. The highest BCUT2D eigenvalue weighted by molar-refractivity contribution is 9.10. The van der Waals surface area contributed by atoms with Crippen LogP contribution >= 0.6 is 15.9 Å². The van der Waals surface area contributed by atoms with E-state index in [1.165, 1.54) is 12.1 Å². The number of hydrogen-bond acceptors (Lipinski definition) is 2. The predicted octanol–water partition coefficient (Wildman–Crippen LogP) is 3.85. The van der Waals surface area contributed by atoms with Gasteiger partial charge in [0.05, 0.1) is 12.8 Å². The molecule has 0 saturated carbocycles. The van der Waals surface area contributed by atoms with Gasteiger partial charge in [0.2, 0.25) is 0 Å². The normalized spacial score (nSPS) is 10.3. The van der Waals surface area contributed by atoms with Gasteiger partial charge in [0, 0.05) is 10.0 Å². The third kappa shape index (κ3) is 2.42. The summed E-state index contributed by atoms with van der Waals surface area (Å²) in [6, 6.07) is 10.1. The number of halogens is 2. The van der Waals surface area contributed by atoms with Crippen LogP contribution in [0, 0.1) is 5.82 Å². The molecule has 17 heavy (non-hydrogen) atoms. The average molecular weight is 296 g/mol. The topological polar surface area (TPSA) is 35.2 Å². The SMILES string of the molecule is COc1ccc(-c2cc(F)cc(Br)c2N)cc1. The van der Waals surface area contributed by atoms with Crippen molar-refractivity contribution in [1.29, 1.82) is 0 Å². The zero-order valence-corrected chi connectivity index (χ0v) is 10.8. The fourth-order valence-corrected chi connectivity index (χ4v) is 2.03. The molecule has 2 aromatic rings. The maximum Gasteiger partial charge on any atom is 0.125 e. The molecule has 2 rings (SSSR count). The number of nitrogen functional groups attached to an aromatic ring is 1. The molecule has 0 amide bonds. The lowest BCUT2D eigenvalue weighted by atomic mass is 10.0. The summed E-state index contributed by atoms with van der Waals surface area (Å²) < 4.78 is 19.0. The highest BCUT2D eigenvalue weighted by atomic mass is 79.9. The molecule has 0 saturated heterocycles. The van der Waals surface area contributed by atoms with Gasteiger partial charge in [-0.1, -0.05) is 12.1 Å². The van der Waals surface area contributed by atoms with Crippen LogP contribution in [0.2, 0.25) is 0 Å². The van der Waals surface area contributed by atoms with Gasteiger partial charge in [0.1, 0.15) is 11.6 Å². The van der Waals surface area contributed by atoms with Crippen LogP contribution in [0.25, 0.3) is 11.1 Å². The predicted molar refractivity (Wildman–Crippen MR) is 70.5 cm³/mol. The lowest BCUT2D eigenvalue weighted by Gasteiger charge is -2.09. The smallest absolute Gasteiger partial charge is 0.125 e. The van der Waals surface area contributed by atoms with E-state index in [4.69, 9.17) is 10.5 Å². The third-order valence-electron chi connectivity index (χ3n) is 2.50. The van der Waals surface area contributed by atoms with Crippen LogP contribution in [0.1, 0.15) is 0 Å². The van der Waals surface area contributed by atoms with Crippen molar-refractivity contribution >= 4 is 21.6 Å². The molecule has 0 heterocycles. The highest BCUT2D eigenvalue weighted by Gasteiger charge is 2.08. The maximum atomic E-state index is 13.3. The van der Waals surface area contributed by atoms with Crippen molar-refractivity contribution < 1.29 is 9.13 Å². The minimum atomic E-state index is -0.322. The van der Waals surface area contributed by atoms with Crippen LogP contribution in [-0.4, -0.2) is 7.11 Å². The molecule has 0 radical (unpaired) electrons. The van der Waals surface area contributed by atoms with E-state index in [2.05, 4.69) is 15.9 Å². The highest BCUT2D eigenvalue weighted by Crippen LogP contribution is 2.33. The zero-order valence-electron chi connectivity index (χ0n) is 9.21. The zero-order chi connectivity index (χ0) is 12.4. The Balaban J connectivity index is 2.52. The van der Waals surface area contributed by atoms with Crippen LogP contribution in [-0.2, 0) is 0 Å². The molecule has 0 aromatic heterocycles. The van der Waals surface area contributed by atoms with E-state index in [0.29, 0.717) is 15.7 Å². The first-order chi connectivity index (χ1) is 8.11. The van der Waals surface area contributed by atoms with Gasteiger partial charge in [0.25, 0.3) is 0 Å². The number of nitrogens with two attached hydrogens (primary N) is 1. The lowest BCUT2D eigenvalue weighted by molar-refractivity contribution is 0.415. The van der Waals surface area contributed by atoms with E-state index in [0.717, 1.165) is 11.3 Å². The molecule has 0 spiro atoms. The van der Waals surface area contributed by atoms with Gasteiger partial charge in [0.15, 0.2) is 0 Å². The molecule has 0 unspecified atom stereocenters. The summed E-state index contributed by atoms with van der Waals surface area (Å²) in [6.45, 7) is 0. The minimum Gasteiger partial charge on any atom is -0.497 e. The van der Waals surface area contributed by atoms with E-state index in [9.17, 15) is 4.39 Å². The largest absolute Gasteiger partial charge is 0.497 e. The van der Waals surface area contributed by atoms with Gasteiger partial charge in [-0.3, -0.25) is 0 Å². The van der Waals surface area contributed by atoms with Gasteiger partial charge in [-0.25, -0.2) is 4.39 Å². The third-order valence-corrected chi connectivity index (χ3v) is 3.15. The van der Waals surface area contributed by atoms with Gasteiger partial charge in [-0.15, -0.1) is 0 Å². The van der Waals surface area contributed by atoms with E-state index in [1.807, 2.05) is 24.3 Å². The summed E-state index contributed by atoms with van der Waals surface area (Å²) in [5.41, 5.74) is 7.95. The van der Waals surface area contributed by atoms with E-state index in [-0.39, 0.29) is 5.82 Å². The second-order valence-corrected chi connectivity index (χ2v) is 4.43. The molecule has 0 aliphatic rings. The van der Waals surface area contributed by atoms with Crippen LogP contribution < -0.4 is 10.5 Å². The first-order valence-electron chi connectivity index (χ1n) is 5.01. The molecule has 2 N–H and O–H groups in total. The molecule has 2 aromatic carbocycles. The molecule has 0 fully saturated rings. The average Bonchev–Trinajstić information content (AvgIpc) is 2.34. The second kappa shape index (κ2) is 4.75. The number of methoxy groups -OCH3 is 1. The first kappa shape index (κ1) is 11.9. The van der Waals surface area contributed by atoms with Gasteiger partial charge in [-0.2, -0.15) is 0 Å².